The lowest BCUT2D eigenvalue weighted by molar-refractivity contribution is -0.138. The predicted molar refractivity (Wildman–Crippen MR) is 165 cm³/mol. The Bertz CT molecular complexity index is 1840. The molecule has 0 amide bonds. The van der Waals surface area contributed by atoms with Crippen LogP contribution in [0.3, 0.4) is 0 Å². The number of halogens is 2. The Balaban J connectivity index is 1.48. The van der Waals surface area contributed by atoms with Gasteiger partial charge in [-0.1, -0.05) is 78.5 Å². The summed E-state index contributed by atoms with van der Waals surface area (Å²) in [6.45, 7) is 2.04. The maximum Gasteiger partial charge on any atom is 0.327 e. The molecule has 222 valence electrons. The zero-order valence-electron chi connectivity index (χ0n) is 23.0. The molecule has 0 aliphatic carbocycles. The number of hydrogen-bond donors (Lipinski definition) is 1. The lowest BCUT2D eigenvalue weighted by Gasteiger charge is -2.30. The number of carboxylic acids is 1. The molecular formula is C31H27Cl2N3O6S. The number of carbonyl (C=O) groups is 1. The Morgan fingerprint density at radius 2 is 1.67 bits per heavy atom. The molecule has 12 heteroatoms. The summed E-state index contributed by atoms with van der Waals surface area (Å²) in [6, 6.07) is 22.2. The Hall–Kier alpha value is -4.12. The minimum atomic E-state index is -4.38. The van der Waals surface area contributed by atoms with Gasteiger partial charge in [-0.15, -0.1) is 0 Å². The number of nitrogens with zero attached hydrogens (tertiary/aromatic N) is 3. The molecule has 5 rings (SSSR count). The monoisotopic (exact) mass is 639 g/mol. The number of carboxylic acid groups (broad SMARTS) is 1. The highest BCUT2D eigenvalue weighted by molar-refractivity contribution is 7.93. The van der Waals surface area contributed by atoms with Crippen LogP contribution in [0.2, 0.25) is 10.0 Å². The van der Waals surface area contributed by atoms with Crippen LogP contribution in [-0.2, 0) is 21.4 Å². The van der Waals surface area contributed by atoms with Gasteiger partial charge in [0, 0.05) is 15.6 Å². The third-order valence-corrected chi connectivity index (χ3v) is 8.95. The topological polar surface area (TPSA) is 123 Å². The van der Waals surface area contributed by atoms with Gasteiger partial charge >= 0.3 is 5.97 Å². The number of para-hydroxylation sites is 1. The molecule has 0 saturated heterocycles. The molecule has 43 heavy (non-hydrogen) atoms. The molecule has 0 aliphatic rings. The van der Waals surface area contributed by atoms with Crippen LogP contribution in [0, 0.1) is 0 Å². The van der Waals surface area contributed by atoms with Crippen molar-refractivity contribution in [1.82, 2.24) is 10.1 Å². The number of sulfonamides is 1. The van der Waals surface area contributed by atoms with Gasteiger partial charge in [0.15, 0.2) is 6.61 Å². The zero-order chi connectivity index (χ0) is 30.6. The first-order valence-corrected chi connectivity index (χ1v) is 15.6. The minimum Gasteiger partial charge on any atom is -0.485 e. The second-order valence-electron chi connectivity index (χ2n) is 9.77. The van der Waals surface area contributed by atoms with E-state index in [-0.39, 0.29) is 33.7 Å². The summed E-state index contributed by atoms with van der Waals surface area (Å²) in [7, 11) is -4.38. The maximum atomic E-state index is 14.0. The molecule has 1 aromatic heterocycles. The fourth-order valence-electron chi connectivity index (χ4n) is 4.61. The first-order chi connectivity index (χ1) is 20.7. The van der Waals surface area contributed by atoms with E-state index in [1.54, 1.807) is 30.3 Å². The van der Waals surface area contributed by atoms with E-state index in [2.05, 4.69) is 10.1 Å². The second kappa shape index (κ2) is 13.0. The van der Waals surface area contributed by atoms with Crippen molar-refractivity contribution in [3.63, 3.8) is 0 Å². The summed E-state index contributed by atoms with van der Waals surface area (Å²) in [5.74, 6) is 0.0991. The van der Waals surface area contributed by atoms with Crippen molar-refractivity contribution in [1.29, 1.82) is 0 Å². The van der Waals surface area contributed by atoms with Crippen molar-refractivity contribution >= 4 is 55.7 Å². The van der Waals surface area contributed by atoms with Gasteiger partial charge in [0.05, 0.1) is 10.6 Å². The van der Waals surface area contributed by atoms with E-state index < -0.39 is 22.0 Å². The molecule has 0 bridgehead atoms. The molecule has 1 N–H and O–H groups in total. The lowest BCUT2D eigenvalue weighted by Crippen LogP contribution is -2.45. The molecule has 0 radical (unpaired) electrons. The highest BCUT2D eigenvalue weighted by atomic mass is 35.5. The van der Waals surface area contributed by atoms with Crippen LogP contribution in [0.15, 0.2) is 94.3 Å². The van der Waals surface area contributed by atoms with Crippen LogP contribution in [0.1, 0.15) is 32.0 Å². The summed E-state index contributed by atoms with van der Waals surface area (Å²) >= 11 is 12.2. The molecule has 1 atom stereocenters. The average Bonchev–Trinajstić information content (AvgIpc) is 3.46. The molecule has 0 saturated carbocycles. The third-order valence-electron chi connectivity index (χ3n) is 6.70. The maximum absolute atomic E-state index is 14.0. The highest BCUT2D eigenvalue weighted by Gasteiger charge is 2.36. The van der Waals surface area contributed by atoms with Gasteiger partial charge < -0.3 is 14.4 Å². The first kappa shape index (κ1) is 30.3. The number of aromatic nitrogens is 2. The molecular weight excluding hydrogens is 613 g/mol. The molecule has 1 heterocycles. The van der Waals surface area contributed by atoms with Crippen LogP contribution in [0.4, 0.5) is 5.69 Å². The van der Waals surface area contributed by atoms with E-state index in [4.69, 9.17) is 32.5 Å². The predicted octanol–water partition coefficient (Wildman–Crippen LogP) is 7.61. The van der Waals surface area contributed by atoms with E-state index in [0.717, 1.165) is 9.69 Å². The lowest BCUT2D eigenvalue weighted by atomic mass is 10.0. The average molecular weight is 641 g/mol. The normalized spacial score (nSPS) is 12.3. The van der Waals surface area contributed by atoms with Gasteiger partial charge in [-0.05, 0) is 71.8 Å². The van der Waals surface area contributed by atoms with Gasteiger partial charge in [-0.25, -0.2) is 13.2 Å². The molecule has 1 unspecified atom stereocenters. The SMILES string of the molecule is CCCCC(C(=O)O)N(c1ccc2cc(-c3nc(COc4ccccc4)no3)ccc2c1)S(=O)(=O)c1cc(Cl)cc(Cl)c1. The zero-order valence-corrected chi connectivity index (χ0v) is 25.3. The molecule has 4 aromatic carbocycles. The van der Waals surface area contributed by atoms with Crippen LogP contribution < -0.4 is 9.04 Å². The van der Waals surface area contributed by atoms with E-state index >= 15 is 0 Å². The summed E-state index contributed by atoms with van der Waals surface area (Å²) in [6.07, 6.45) is 1.32. The molecule has 0 aliphatic heterocycles. The van der Waals surface area contributed by atoms with Crippen LogP contribution in [0.5, 0.6) is 5.75 Å². The number of rotatable bonds is 12. The summed E-state index contributed by atoms with van der Waals surface area (Å²) in [5.41, 5.74) is 0.848. The van der Waals surface area contributed by atoms with Gasteiger partial charge in [0.2, 0.25) is 5.82 Å². The summed E-state index contributed by atoms with van der Waals surface area (Å²) < 4.78 is 40.0. The third kappa shape index (κ3) is 6.93. The van der Waals surface area contributed by atoms with Gasteiger partial charge in [0.1, 0.15) is 11.8 Å². The molecule has 0 fully saturated rings. The van der Waals surface area contributed by atoms with E-state index in [1.165, 1.54) is 18.2 Å². The first-order valence-electron chi connectivity index (χ1n) is 13.4. The van der Waals surface area contributed by atoms with Crippen molar-refractivity contribution in [2.75, 3.05) is 4.31 Å². The number of hydrogen-bond acceptors (Lipinski definition) is 7. The van der Waals surface area contributed by atoms with Gasteiger partial charge in [-0.3, -0.25) is 4.31 Å². The highest BCUT2D eigenvalue weighted by Crippen LogP contribution is 2.34. The van der Waals surface area contributed by atoms with Crippen molar-refractivity contribution in [2.45, 2.75) is 43.7 Å². The standard InChI is InChI=1S/C31H27Cl2N3O6S/c1-2-3-9-28(31(37)38)36(43(39,40)27-17-23(32)16-24(33)18-27)25-13-12-20-14-22(11-10-21(20)15-25)30-34-29(35-42-30)19-41-26-7-5-4-6-8-26/h4-8,10-18,28H,2-3,9,19H2,1H3,(H,37,38). The Labute approximate surface area is 258 Å². The number of fused-ring (bicyclic) bond motifs is 1. The van der Waals surface area contributed by atoms with Crippen LogP contribution in [0.25, 0.3) is 22.2 Å². The van der Waals surface area contributed by atoms with E-state index in [9.17, 15) is 18.3 Å². The molecule has 5 aromatic rings. The van der Waals surface area contributed by atoms with Gasteiger partial charge in [0.25, 0.3) is 15.9 Å². The van der Waals surface area contributed by atoms with Crippen molar-refractivity contribution < 1.29 is 27.6 Å². The van der Waals surface area contributed by atoms with E-state index in [1.807, 2.05) is 43.3 Å². The number of ether oxygens (including phenoxy) is 1. The smallest absolute Gasteiger partial charge is 0.327 e. The molecule has 0 spiro atoms. The second-order valence-corrected chi connectivity index (χ2v) is 12.5. The van der Waals surface area contributed by atoms with Crippen LogP contribution in [-0.4, -0.2) is 35.7 Å². The fourth-order valence-corrected chi connectivity index (χ4v) is 6.97. The summed E-state index contributed by atoms with van der Waals surface area (Å²) in [5, 5.41) is 15.8. The van der Waals surface area contributed by atoms with Crippen molar-refractivity contribution in [3.8, 4) is 17.2 Å². The van der Waals surface area contributed by atoms with Crippen molar-refractivity contribution in [3.05, 3.63) is 101 Å². The Kier molecular flexibility index (Phi) is 9.19. The van der Waals surface area contributed by atoms with Crippen molar-refractivity contribution in [2.24, 2.45) is 0 Å². The largest absolute Gasteiger partial charge is 0.485 e. The Morgan fingerprint density at radius 3 is 2.37 bits per heavy atom. The Morgan fingerprint density at radius 1 is 0.977 bits per heavy atom. The fraction of sp³-hybridized carbons (Fsp3) is 0.194. The molecule has 9 nitrogen and oxygen atoms in total. The minimum absolute atomic E-state index is 0.115. The quantitative estimate of drug-likeness (QED) is 0.148. The number of unbranched alkanes of at least 4 members (excludes halogenated alkanes) is 1. The number of benzene rings is 4. The van der Waals surface area contributed by atoms with Crippen LogP contribution >= 0.6 is 23.2 Å². The summed E-state index contributed by atoms with van der Waals surface area (Å²) in [4.78, 5) is 16.7. The number of anilines is 1. The van der Waals surface area contributed by atoms with Gasteiger partial charge in [-0.2, -0.15) is 4.98 Å². The van der Waals surface area contributed by atoms with E-state index in [0.29, 0.717) is 41.3 Å². The number of aliphatic carboxylic acids is 1.